The summed E-state index contributed by atoms with van der Waals surface area (Å²) < 4.78 is 25.2. The van der Waals surface area contributed by atoms with Crippen molar-refractivity contribution in [3.05, 3.63) is 34.9 Å². The molecule has 3 N–H and O–H groups in total. The molecule has 0 saturated carbocycles. The Balaban J connectivity index is 1.93. The lowest BCUT2D eigenvalue weighted by molar-refractivity contribution is -0.121. The topological polar surface area (TPSA) is 107 Å². The van der Waals surface area contributed by atoms with Gasteiger partial charge in [0.25, 0.3) is 0 Å². The minimum absolute atomic E-state index is 0.00463. The third-order valence-corrected chi connectivity index (χ3v) is 6.64. The maximum atomic E-state index is 12.2. The Morgan fingerprint density at radius 2 is 2.04 bits per heavy atom. The lowest BCUT2D eigenvalue weighted by Crippen LogP contribution is -2.49. The Morgan fingerprint density at radius 3 is 2.65 bits per heavy atom. The van der Waals surface area contributed by atoms with E-state index in [4.69, 9.17) is 0 Å². The first kappa shape index (κ1) is 20.9. The summed E-state index contributed by atoms with van der Waals surface area (Å²) in [6.45, 7) is 4.47. The molecule has 0 aliphatic carbocycles. The smallest absolute Gasteiger partial charge is 0.426 e. The van der Waals surface area contributed by atoms with Crippen LogP contribution >= 0.6 is 0 Å². The highest BCUT2D eigenvalue weighted by atomic mass is 32.2. The van der Waals surface area contributed by atoms with Crippen molar-refractivity contribution in [2.24, 2.45) is 0 Å². The highest BCUT2D eigenvalue weighted by Crippen LogP contribution is 2.15. The van der Waals surface area contributed by atoms with Gasteiger partial charge in [-0.1, -0.05) is 23.8 Å². The Morgan fingerprint density at radius 1 is 1.31 bits per heavy atom. The zero-order valence-electron chi connectivity index (χ0n) is 15.3. The fraction of sp³-hybridized carbons (Fsp3) is 0.588. The van der Waals surface area contributed by atoms with Gasteiger partial charge in [-0.2, -0.15) is 0 Å². The fourth-order valence-corrected chi connectivity index (χ4v) is 4.74. The second kappa shape index (κ2) is 8.99. The molecule has 144 valence electrons. The summed E-state index contributed by atoms with van der Waals surface area (Å²) in [5.74, 6) is -1.12. The van der Waals surface area contributed by atoms with Crippen LogP contribution in [0.25, 0.3) is 0 Å². The number of hydrogen-bond donors (Lipinski definition) is 3. The summed E-state index contributed by atoms with van der Waals surface area (Å²) in [6, 6.07) is 5.85. The van der Waals surface area contributed by atoms with E-state index in [1.807, 2.05) is 32.0 Å². The molecule has 0 bridgehead atoms. The number of hydrogen-bond acceptors (Lipinski definition) is 5. The third kappa shape index (κ3) is 5.80. The minimum atomic E-state index is -3.27. The quantitative estimate of drug-likeness (QED) is 0.583. The predicted molar refractivity (Wildman–Crippen MR) is 101 cm³/mol. The molecule has 0 spiro atoms. The lowest BCUT2D eigenvalue weighted by Gasteiger charge is -2.26. The number of carbonyl (C=O) groups is 1. The predicted octanol–water partition coefficient (Wildman–Crippen LogP) is 0.158. The van der Waals surface area contributed by atoms with Gasteiger partial charge in [-0.25, -0.2) is 12.7 Å². The van der Waals surface area contributed by atoms with Gasteiger partial charge in [-0.05, 0) is 44.2 Å². The average Bonchev–Trinajstić information content (AvgIpc) is 2.55. The normalized spacial score (nSPS) is 18.3. The summed E-state index contributed by atoms with van der Waals surface area (Å²) in [6.07, 6.45) is 1.73. The van der Waals surface area contributed by atoms with E-state index < -0.39 is 29.0 Å². The van der Waals surface area contributed by atoms with Gasteiger partial charge < -0.3 is 15.4 Å². The SMILES string of the molecule is Cc1ccc(C[C@H](NC(=O)CCN2CCCCS2(=O)=O)B(O)O)c(C)c1. The van der Waals surface area contributed by atoms with Gasteiger partial charge in [-0.3, -0.25) is 4.79 Å². The lowest BCUT2D eigenvalue weighted by atomic mass is 9.75. The van der Waals surface area contributed by atoms with E-state index >= 15 is 0 Å². The second-order valence-electron chi connectivity index (χ2n) is 6.89. The van der Waals surface area contributed by atoms with E-state index in [0.29, 0.717) is 13.0 Å². The second-order valence-corrected chi connectivity index (χ2v) is 8.98. The Hall–Kier alpha value is -1.42. The van der Waals surface area contributed by atoms with Crippen LogP contribution in [0.3, 0.4) is 0 Å². The molecule has 7 nitrogen and oxygen atoms in total. The third-order valence-electron chi connectivity index (χ3n) is 4.69. The summed E-state index contributed by atoms with van der Waals surface area (Å²) in [5.41, 5.74) is 3.05. The van der Waals surface area contributed by atoms with Crippen molar-refractivity contribution in [1.29, 1.82) is 0 Å². The molecule has 9 heteroatoms. The molecule has 0 unspecified atom stereocenters. The van der Waals surface area contributed by atoms with Crippen LogP contribution in [0.1, 0.15) is 36.0 Å². The molecule has 1 heterocycles. The Labute approximate surface area is 155 Å². The molecule has 26 heavy (non-hydrogen) atoms. The zero-order chi connectivity index (χ0) is 19.3. The maximum Gasteiger partial charge on any atom is 0.475 e. The number of aryl methyl sites for hydroxylation is 2. The molecule has 1 atom stereocenters. The molecule has 1 saturated heterocycles. The van der Waals surface area contributed by atoms with E-state index in [1.165, 1.54) is 4.31 Å². The first-order chi connectivity index (χ1) is 12.2. The van der Waals surface area contributed by atoms with Crippen molar-refractivity contribution in [1.82, 2.24) is 9.62 Å². The molecule has 1 aromatic carbocycles. The monoisotopic (exact) mass is 382 g/mol. The Kier molecular flexibility index (Phi) is 7.22. The standard InChI is InChI=1S/C17H27BN2O5S/c1-13-5-6-15(14(2)11-13)12-16(18(22)23)19-17(21)7-9-20-8-3-4-10-26(20,24)25/h5-6,11,16,22-23H,3-4,7-10,12H2,1-2H3,(H,19,21)/t16-/m0/s1. The number of rotatable bonds is 7. The number of carbonyl (C=O) groups excluding carboxylic acids is 1. The van der Waals surface area contributed by atoms with Crippen molar-refractivity contribution in [2.75, 3.05) is 18.8 Å². The van der Waals surface area contributed by atoms with Gasteiger partial charge >= 0.3 is 7.12 Å². The first-order valence-corrected chi connectivity index (χ1v) is 10.5. The summed E-state index contributed by atoms with van der Waals surface area (Å²) >= 11 is 0. The summed E-state index contributed by atoms with van der Waals surface area (Å²) in [4.78, 5) is 12.2. The average molecular weight is 382 g/mol. The maximum absolute atomic E-state index is 12.2. The van der Waals surface area contributed by atoms with Gasteiger partial charge in [0.2, 0.25) is 15.9 Å². The summed E-state index contributed by atoms with van der Waals surface area (Å²) in [5, 5.41) is 21.8. The van der Waals surface area contributed by atoms with Crippen molar-refractivity contribution in [2.45, 2.75) is 45.5 Å². The fourth-order valence-electron chi connectivity index (χ4n) is 3.14. The minimum Gasteiger partial charge on any atom is -0.426 e. The molecule has 1 aromatic rings. The number of sulfonamides is 1. The van der Waals surface area contributed by atoms with Crippen LogP contribution in [-0.4, -0.2) is 60.6 Å². The van der Waals surface area contributed by atoms with E-state index in [0.717, 1.165) is 23.1 Å². The molecule has 0 aromatic heterocycles. The van der Waals surface area contributed by atoms with Crippen LogP contribution in [0.4, 0.5) is 0 Å². The van der Waals surface area contributed by atoms with Crippen molar-refractivity contribution < 1.29 is 23.3 Å². The van der Waals surface area contributed by atoms with E-state index in [9.17, 15) is 23.3 Å². The van der Waals surface area contributed by atoms with Gasteiger partial charge in [-0.15, -0.1) is 0 Å². The molecule has 1 amide bonds. The van der Waals surface area contributed by atoms with Crippen LogP contribution in [0.5, 0.6) is 0 Å². The van der Waals surface area contributed by atoms with E-state index in [-0.39, 0.29) is 25.1 Å². The highest BCUT2D eigenvalue weighted by Gasteiger charge is 2.28. The van der Waals surface area contributed by atoms with Crippen LogP contribution < -0.4 is 5.32 Å². The van der Waals surface area contributed by atoms with Crippen LogP contribution in [0.2, 0.25) is 0 Å². The Bertz CT molecular complexity index is 739. The van der Waals surface area contributed by atoms with Gasteiger partial charge in [0, 0.05) is 19.5 Å². The van der Waals surface area contributed by atoms with Gasteiger partial charge in [0.15, 0.2) is 0 Å². The molecule has 2 rings (SSSR count). The van der Waals surface area contributed by atoms with Gasteiger partial charge in [0.05, 0.1) is 11.7 Å². The molecule has 1 fully saturated rings. The molecule has 1 aliphatic heterocycles. The van der Waals surface area contributed by atoms with Crippen LogP contribution in [0.15, 0.2) is 18.2 Å². The zero-order valence-corrected chi connectivity index (χ0v) is 16.1. The van der Waals surface area contributed by atoms with Crippen molar-refractivity contribution in [3.63, 3.8) is 0 Å². The molecule has 1 aliphatic rings. The molecule has 0 radical (unpaired) electrons. The molecular formula is C17H27BN2O5S. The van der Waals surface area contributed by atoms with Crippen molar-refractivity contribution in [3.8, 4) is 0 Å². The largest absolute Gasteiger partial charge is 0.475 e. The van der Waals surface area contributed by atoms with E-state index in [1.54, 1.807) is 0 Å². The first-order valence-electron chi connectivity index (χ1n) is 8.88. The van der Waals surface area contributed by atoms with E-state index in [2.05, 4.69) is 5.32 Å². The van der Waals surface area contributed by atoms with Crippen molar-refractivity contribution >= 4 is 23.0 Å². The molecular weight excluding hydrogens is 355 g/mol. The number of amides is 1. The number of benzene rings is 1. The van der Waals surface area contributed by atoms with Gasteiger partial charge in [0.1, 0.15) is 0 Å². The highest BCUT2D eigenvalue weighted by molar-refractivity contribution is 7.89. The number of nitrogens with one attached hydrogen (secondary N) is 1. The number of nitrogens with zero attached hydrogens (tertiary/aromatic N) is 1. The van der Waals surface area contributed by atoms with Crippen LogP contribution in [0, 0.1) is 13.8 Å². The van der Waals surface area contributed by atoms with Crippen LogP contribution in [-0.2, 0) is 21.2 Å². The summed E-state index contributed by atoms with van der Waals surface area (Å²) in [7, 11) is -4.96.